The molecule has 0 spiro atoms. The van der Waals surface area contributed by atoms with Crippen LogP contribution in [0.4, 0.5) is 0 Å². The summed E-state index contributed by atoms with van der Waals surface area (Å²) in [7, 11) is 1.57. The van der Waals surface area contributed by atoms with Crippen LogP contribution in [0.1, 0.15) is 48.9 Å². The van der Waals surface area contributed by atoms with E-state index in [1.165, 1.54) is 0 Å². The number of carboxylic acid groups (broad SMARTS) is 1. The molecule has 1 amide bonds. The molecule has 6 nitrogen and oxygen atoms in total. The van der Waals surface area contributed by atoms with Crippen molar-refractivity contribution in [3.8, 4) is 11.5 Å². The van der Waals surface area contributed by atoms with Crippen LogP contribution < -0.4 is 14.8 Å². The lowest BCUT2D eigenvalue weighted by atomic mass is 10.1. The zero-order valence-corrected chi connectivity index (χ0v) is 13.3. The van der Waals surface area contributed by atoms with E-state index in [-0.39, 0.29) is 18.4 Å². The number of hydrogen-bond donors (Lipinski definition) is 2. The highest BCUT2D eigenvalue weighted by atomic mass is 16.5. The fourth-order valence-corrected chi connectivity index (χ4v) is 2.64. The van der Waals surface area contributed by atoms with Crippen molar-refractivity contribution in [3.63, 3.8) is 0 Å². The average Bonchev–Trinajstić information content (AvgIpc) is 3.04. The van der Waals surface area contributed by atoms with Gasteiger partial charge in [-0.15, -0.1) is 0 Å². The molecular formula is C17H23NO5. The second kappa shape index (κ2) is 8.41. The highest BCUT2D eigenvalue weighted by molar-refractivity contribution is 5.94. The first-order valence-electron chi connectivity index (χ1n) is 7.95. The minimum atomic E-state index is -0.865. The van der Waals surface area contributed by atoms with E-state index in [1.54, 1.807) is 25.3 Å². The summed E-state index contributed by atoms with van der Waals surface area (Å²) >= 11 is 0. The minimum Gasteiger partial charge on any atom is -0.493 e. The number of methoxy groups -OCH3 is 1. The molecule has 1 aromatic carbocycles. The third-order valence-corrected chi connectivity index (χ3v) is 3.87. The fourth-order valence-electron chi connectivity index (χ4n) is 2.64. The number of aliphatic carboxylic acids is 1. The van der Waals surface area contributed by atoms with Crippen LogP contribution in [0.15, 0.2) is 18.2 Å². The molecule has 0 atom stereocenters. The Hall–Kier alpha value is -2.24. The van der Waals surface area contributed by atoms with Crippen molar-refractivity contribution in [1.82, 2.24) is 5.32 Å². The maximum Gasteiger partial charge on any atom is 0.303 e. The number of ether oxygens (including phenoxy) is 2. The van der Waals surface area contributed by atoms with Crippen LogP contribution in [-0.4, -0.2) is 36.7 Å². The van der Waals surface area contributed by atoms with Crippen LogP contribution >= 0.6 is 0 Å². The van der Waals surface area contributed by atoms with Gasteiger partial charge >= 0.3 is 5.97 Å². The number of carbonyl (C=O) groups is 2. The lowest BCUT2D eigenvalue weighted by Gasteiger charge is -2.16. The van der Waals surface area contributed by atoms with Gasteiger partial charge in [-0.05, 0) is 50.3 Å². The lowest BCUT2D eigenvalue weighted by molar-refractivity contribution is -0.137. The zero-order valence-electron chi connectivity index (χ0n) is 13.3. The Morgan fingerprint density at radius 3 is 2.65 bits per heavy atom. The average molecular weight is 321 g/mol. The van der Waals surface area contributed by atoms with Crippen molar-refractivity contribution < 1.29 is 24.2 Å². The van der Waals surface area contributed by atoms with Crippen molar-refractivity contribution in [1.29, 1.82) is 0 Å². The summed E-state index contributed by atoms with van der Waals surface area (Å²) in [5.74, 6) is 0.0853. The number of rotatable bonds is 8. The molecule has 126 valence electrons. The Bertz CT molecular complexity index is 552. The second-order valence-corrected chi connectivity index (χ2v) is 5.64. The van der Waals surface area contributed by atoms with Gasteiger partial charge in [-0.2, -0.15) is 0 Å². The van der Waals surface area contributed by atoms with Gasteiger partial charge in [0.2, 0.25) is 0 Å². The maximum absolute atomic E-state index is 12.1. The number of carbonyl (C=O) groups excluding carboxylic acids is 1. The molecule has 2 rings (SSSR count). The van der Waals surface area contributed by atoms with Gasteiger partial charge in [-0.25, -0.2) is 0 Å². The van der Waals surface area contributed by atoms with E-state index in [0.29, 0.717) is 30.0 Å². The van der Waals surface area contributed by atoms with Crippen molar-refractivity contribution in [3.05, 3.63) is 23.8 Å². The van der Waals surface area contributed by atoms with Gasteiger partial charge in [0.25, 0.3) is 5.91 Å². The van der Waals surface area contributed by atoms with E-state index in [9.17, 15) is 9.59 Å². The van der Waals surface area contributed by atoms with Gasteiger partial charge in [-0.3, -0.25) is 9.59 Å². The number of hydrogen-bond acceptors (Lipinski definition) is 4. The van der Waals surface area contributed by atoms with Crippen molar-refractivity contribution in [2.24, 2.45) is 0 Å². The predicted octanol–water partition coefficient (Wildman–Crippen LogP) is 2.61. The molecule has 0 heterocycles. The Kier molecular flexibility index (Phi) is 6.26. The SMILES string of the molecule is COc1ccc(C(=O)NCCCC(=O)O)cc1OC1CCCC1. The van der Waals surface area contributed by atoms with Crippen LogP contribution in [0, 0.1) is 0 Å². The molecule has 6 heteroatoms. The smallest absolute Gasteiger partial charge is 0.303 e. The van der Waals surface area contributed by atoms with Crippen LogP contribution in [0.3, 0.4) is 0 Å². The molecule has 0 radical (unpaired) electrons. The van der Waals surface area contributed by atoms with E-state index < -0.39 is 5.97 Å². The first-order chi connectivity index (χ1) is 11.1. The molecule has 0 bridgehead atoms. The highest BCUT2D eigenvalue weighted by Crippen LogP contribution is 2.32. The fraction of sp³-hybridized carbons (Fsp3) is 0.529. The van der Waals surface area contributed by atoms with Crippen molar-refractivity contribution in [2.45, 2.75) is 44.6 Å². The highest BCUT2D eigenvalue weighted by Gasteiger charge is 2.19. The topological polar surface area (TPSA) is 84.9 Å². The van der Waals surface area contributed by atoms with Gasteiger partial charge in [-0.1, -0.05) is 0 Å². The van der Waals surface area contributed by atoms with Gasteiger partial charge in [0.1, 0.15) is 0 Å². The summed E-state index contributed by atoms with van der Waals surface area (Å²) in [4.78, 5) is 22.6. The van der Waals surface area contributed by atoms with E-state index >= 15 is 0 Å². The maximum atomic E-state index is 12.1. The summed E-state index contributed by atoms with van der Waals surface area (Å²) in [5.41, 5.74) is 0.481. The largest absolute Gasteiger partial charge is 0.493 e. The molecule has 1 aliphatic rings. The molecule has 23 heavy (non-hydrogen) atoms. The molecule has 0 saturated heterocycles. The molecule has 1 fully saturated rings. The van der Waals surface area contributed by atoms with Crippen LogP contribution in [0.25, 0.3) is 0 Å². The normalized spacial score (nSPS) is 14.5. The number of nitrogens with one attached hydrogen (secondary N) is 1. The molecular weight excluding hydrogens is 298 g/mol. The summed E-state index contributed by atoms with van der Waals surface area (Å²) in [6.45, 7) is 0.329. The van der Waals surface area contributed by atoms with E-state index in [4.69, 9.17) is 14.6 Å². The second-order valence-electron chi connectivity index (χ2n) is 5.64. The zero-order chi connectivity index (χ0) is 16.7. The molecule has 1 saturated carbocycles. The lowest BCUT2D eigenvalue weighted by Crippen LogP contribution is -2.25. The standard InChI is InChI=1S/C17H23NO5/c1-22-14-9-8-12(17(21)18-10-4-7-16(19)20)11-15(14)23-13-5-2-3-6-13/h8-9,11,13H,2-7,10H2,1H3,(H,18,21)(H,19,20). The van der Waals surface area contributed by atoms with Crippen molar-refractivity contribution >= 4 is 11.9 Å². The van der Waals surface area contributed by atoms with E-state index in [0.717, 1.165) is 25.7 Å². The van der Waals surface area contributed by atoms with Gasteiger partial charge in [0, 0.05) is 18.5 Å². The van der Waals surface area contributed by atoms with Crippen LogP contribution in [-0.2, 0) is 4.79 Å². The van der Waals surface area contributed by atoms with Gasteiger partial charge in [0.05, 0.1) is 13.2 Å². The first-order valence-corrected chi connectivity index (χ1v) is 7.95. The summed E-state index contributed by atoms with van der Waals surface area (Å²) in [5, 5.41) is 11.3. The molecule has 0 unspecified atom stereocenters. The molecule has 2 N–H and O–H groups in total. The summed E-state index contributed by atoms with van der Waals surface area (Å²) in [6.07, 6.45) is 5.00. The first kappa shape index (κ1) is 17.1. The number of amides is 1. The quantitative estimate of drug-likeness (QED) is 0.719. The molecule has 1 aliphatic carbocycles. The van der Waals surface area contributed by atoms with Gasteiger partial charge < -0.3 is 19.9 Å². The predicted molar refractivity (Wildman–Crippen MR) is 85.1 cm³/mol. The number of benzene rings is 1. The van der Waals surface area contributed by atoms with Crippen LogP contribution in [0.2, 0.25) is 0 Å². The van der Waals surface area contributed by atoms with Gasteiger partial charge in [0.15, 0.2) is 11.5 Å². The molecule has 0 aromatic heterocycles. The molecule has 0 aliphatic heterocycles. The summed E-state index contributed by atoms with van der Waals surface area (Å²) < 4.78 is 11.3. The van der Waals surface area contributed by atoms with E-state index in [1.807, 2.05) is 0 Å². The Morgan fingerprint density at radius 1 is 1.26 bits per heavy atom. The van der Waals surface area contributed by atoms with Crippen molar-refractivity contribution in [2.75, 3.05) is 13.7 Å². The minimum absolute atomic E-state index is 0.0406. The Morgan fingerprint density at radius 2 is 2.00 bits per heavy atom. The van der Waals surface area contributed by atoms with Crippen LogP contribution in [0.5, 0.6) is 11.5 Å². The Balaban J connectivity index is 1.97. The number of carboxylic acids is 1. The Labute approximate surface area is 135 Å². The molecule has 1 aromatic rings. The third kappa shape index (κ3) is 5.16. The monoisotopic (exact) mass is 321 g/mol. The summed E-state index contributed by atoms with van der Waals surface area (Å²) in [6, 6.07) is 5.08. The third-order valence-electron chi connectivity index (χ3n) is 3.87. The van der Waals surface area contributed by atoms with E-state index in [2.05, 4.69) is 5.32 Å².